The summed E-state index contributed by atoms with van der Waals surface area (Å²) in [6, 6.07) is 1.70. The predicted octanol–water partition coefficient (Wildman–Crippen LogP) is 3.26. The number of hydrogen-bond donors (Lipinski definition) is 1. The van der Waals surface area contributed by atoms with Crippen molar-refractivity contribution in [2.45, 2.75) is 13.3 Å². The van der Waals surface area contributed by atoms with Crippen molar-refractivity contribution < 1.29 is 8.78 Å². The zero-order valence-corrected chi connectivity index (χ0v) is 8.74. The van der Waals surface area contributed by atoms with E-state index in [2.05, 4.69) is 25.9 Å². The Morgan fingerprint density at radius 3 is 2.64 bits per heavy atom. The lowest BCUT2D eigenvalue weighted by Gasteiger charge is -2.06. The van der Waals surface area contributed by atoms with Gasteiger partial charge >= 0.3 is 0 Å². The third kappa shape index (κ3) is 1.32. The molecular formula is C9H7BrF2N2. The molecule has 0 radical (unpaired) electrons. The first kappa shape index (κ1) is 9.58. The van der Waals surface area contributed by atoms with Crippen LogP contribution in [-0.2, 0) is 13.3 Å². The molecule has 0 aliphatic heterocycles. The van der Waals surface area contributed by atoms with Crippen LogP contribution in [0, 0.1) is 0 Å². The van der Waals surface area contributed by atoms with Crippen LogP contribution in [0.2, 0.25) is 0 Å². The molecule has 14 heavy (non-hydrogen) atoms. The largest absolute Gasteiger partial charge is 0.345 e. The Balaban J connectivity index is 2.82. The van der Waals surface area contributed by atoms with Gasteiger partial charge in [-0.15, -0.1) is 0 Å². The highest BCUT2D eigenvalue weighted by atomic mass is 79.9. The van der Waals surface area contributed by atoms with E-state index in [1.54, 1.807) is 6.07 Å². The van der Waals surface area contributed by atoms with Gasteiger partial charge in [0.2, 0.25) is 0 Å². The highest BCUT2D eigenvalue weighted by Gasteiger charge is 2.13. The molecule has 0 fully saturated rings. The first-order valence-corrected chi connectivity index (χ1v) is 4.82. The van der Waals surface area contributed by atoms with Gasteiger partial charge in [-0.1, -0.05) is 15.9 Å². The second-order valence-corrected chi connectivity index (χ2v) is 3.74. The van der Waals surface area contributed by atoms with Gasteiger partial charge in [0.25, 0.3) is 0 Å². The van der Waals surface area contributed by atoms with E-state index >= 15 is 0 Å². The summed E-state index contributed by atoms with van der Waals surface area (Å²) < 4.78 is 25.9. The number of benzene rings is 1. The molecule has 1 N–H and O–H groups in total. The Labute approximate surface area is 87.5 Å². The quantitative estimate of drug-likeness (QED) is 0.883. The molecule has 0 unspecified atom stereocenters. The standard InChI is InChI=1S/C9H7BrF2N2/c10-7-1-8-9(14-4-13-8)6(3-12)5(7)2-11/h1,4H,2-3H2,(H,13,14). The van der Waals surface area contributed by atoms with Crippen molar-refractivity contribution in [1.82, 2.24) is 9.97 Å². The van der Waals surface area contributed by atoms with Gasteiger partial charge in [-0.2, -0.15) is 0 Å². The summed E-state index contributed by atoms with van der Waals surface area (Å²) in [5.41, 5.74) is 1.87. The first-order valence-electron chi connectivity index (χ1n) is 4.03. The van der Waals surface area contributed by atoms with Gasteiger partial charge in [0.05, 0.1) is 17.4 Å². The summed E-state index contributed by atoms with van der Waals surface area (Å²) in [6.45, 7) is -1.40. The SMILES string of the molecule is FCc1c(Br)cc2[nH]cnc2c1CF. The van der Waals surface area contributed by atoms with Gasteiger partial charge in [-0.25, -0.2) is 13.8 Å². The number of rotatable bonds is 2. The van der Waals surface area contributed by atoms with Crippen LogP contribution in [0.5, 0.6) is 0 Å². The number of fused-ring (bicyclic) bond motifs is 1. The highest BCUT2D eigenvalue weighted by Crippen LogP contribution is 2.29. The number of halogens is 3. The molecule has 0 spiro atoms. The van der Waals surface area contributed by atoms with Crippen LogP contribution in [0.3, 0.4) is 0 Å². The molecule has 0 aliphatic carbocycles. The van der Waals surface area contributed by atoms with Gasteiger partial charge in [-0.05, 0) is 6.07 Å². The van der Waals surface area contributed by atoms with Crippen molar-refractivity contribution in [3.05, 3.63) is 28.0 Å². The summed E-state index contributed by atoms with van der Waals surface area (Å²) >= 11 is 3.20. The Morgan fingerprint density at radius 2 is 2.00 bits per heavy atom. The maximum atomic E-state index is 12.7. The van der Waals surface area contributed by atoms with Gasteiger partial charge in [0, 0.05) is 15.6 Å². The number of aromatic nitrogens is 2. The van der Waals surface area contributed by atoms with E-state index in [0.29, 0.717) is 26.6 Å². The molecular weight excluding hydrogens is 254 g/mol. The number of nitrogens with one attached hydrogen (secondary N) is 1. The maximum absolute atomic E-state index is 12.7. The van der Waals surface area contributed by atoms with Crippen molar-refractivity contribution in [2.75, 3.05) is 0 Å². The Morgan fingerprint density at radius 1 is 1.29 bits per heavy atom. The Bertz CT molecular complexity index is 467. The van der Waals surface area contributed by atoms with E-state index in [9.17, 15) is 8.78 Å². The van der Waals surface area contributed by atoms with Crippen LogP contribution >= 0.6 is 15.9 Å². The van der Waals surface area contributed by atoms with Gasteiger partial charge in [-0.3, -0.25) is 0 Å². The topological polar surface area (TPSA) is 28.7 Å². The van der Waals surface area contributed by atoms with Crippen molar-refractivity contribution in [1.29, 1.82) is 0 Å². The number of alkyl halides is 2. The van der Waals surface area contributed by atoms with Crippen LogP contribution in [0.25, 0.3) is 11.0 Å². The molecule has 2 aromatic rings. The minimum atomic E-state index is -0.708. The molecule has 0 aliphatic rings. The molecule has 1 heterocycles. The molecule has 74 valence electrons. The zero-order valence-electron chi connectivity index (χ0n) is 7.15. The van der Waals surface area contributed by atoms with Gasteiger partial charge in [0.15, 0.2) is 0 Å². The maximum Gasteiger partial charge on any atom is 0.117 e. The van der Waals surface area contributed by atoms with Crippen LogP contribution in [-0.4, -0.2) is 9.97 Å². The smallest absolute Gasteiger partial charge is 0.117 e. The average Bonchev–Trinajstić information content (AvgIpc) is 2.62. The van der Waals surface area contributed by atoms with E-state index in [-0.39, 0.29) is 0 Å². The number of nitrogens with zero attached hydrogens (tertiary/aromatic N) is 1. The van der Waals surface area contributed by atoms with Crippen molar-refractivity contribution in [3.8, 4) is 0 Å². The second-order valence-electron chi connectivity index (χ2n) is 2.88. The van der Waals surface area contributed by atoms with Crippen molar-refractivity contribution in [2.24, 2.45) is 0 Å². The van der Waals surface area contributed by atoms with E-state index in [4.69, 9.17) is 0 Å². The fraction of sp³-hybridized carbons (Fsp3) is 0.222. The van der Waals surface area contributed by atoms with Crippen LogP contribution in [0.15, 0.2) is 16.9 Å². The van der Waals surface area contributed by atoms with Gasteiger partial charge < -0.3 is 4.98 Å². The molecule has 0 amide bonds. The zero-order chi connectivity index (χ0) is 10.1. The van der Waals surface area contributed by atoms with Gasteiger partial charge in [0.1, 0.15) is 13.3 Å². The lowest BCUT2D eigenvalue weighted by Crippen LogP contribution is -1.93. The molecule has 2 nitrogen and oxygen atoms in total. The summed E-state index contributed by atoms with van der Waals surface area (Å²) in [4.78, 5) is 6.81. The van der Waals surface area contributed by atoms with Crippen LogP contribution < -0.4 is 0 Å². The highest BCUT2D eigenvalue weighted by molar-refractivity contribution is 9.10. The second kappa shape index (κ2) is 3.65. The Hall–Kier alpha value is -0.970. The third-order valence-electron chi connectivity index (χ3n) is 2.15. The van der Waals surface area contributed by atoms with Crippen molar-refractivity contribution in [3.63, 3.8) is 0 Å². The summed E-state index contributed by atoms with van der Waals surface area (Å²) in [5.74, 6) is 0. The number of aromatic amines is 1. The summed E-state index contributed by atoms with van der Waals surface area (Å²) in [5, 5.41) is 0. The van der Waals surface area contributed by atoms with E-state index in [1.807, 2.05) is 0 Å². The van der Waals surface area contributed by atoms with E-state index in [0.717, 1.165) is 0 Å². The lowest BCUT2D eigenvalue weighted by atomic mass is 10.1. The predicted molar refractivity (Wildman–Crippen MR) is 53.4 cm³/mol. The minimum Gasteiger partial charge on any atom is -0.345 e. The monoisotopic (exact) mass is 260 g/mol. The van der Waals surface area contributed by atoms with Crippen LogP contribution in [0.1, 0.15) is 11.1 Å². The molecule has 1 aromatic heterocycles. The summed E-state index contributed by atoms with van der Waals surface area (Å²) in [7, 11) is 0. The molecule has 0 saturated carbocycles. The molecule has 5 heteroatoms. The fourth-order valence-corrected chi connectivity index (χ4v) is 2.02. The summed E-state index contributed by atoms with van der Waals surface area (Å²) in [6.07, 6.45) is 1.47. The fourth-order valence-electron chi connectivity index (χ4n) is 1.44. The van der Waals surface area contributed by atoms with E-state index < -0.39 is 13.3 Å². The number of hydrogen-bond acceptors (Lipinski definition) is 1. The normalized spacial score (nSPS) is 11.1. The first-order chi connectivity index (χ1) is 6.77. The molecule has 0 bridgehead atoms. The molecule has 0 atom stereocenters. The molecule has 0 saturated heterocycles. The van der Waals surface area contributed by atoms with Crippen LogP contribution in [0.4, 0.5) is 8.78 Å². The third-order valence-corrected chi connectivity index (χ3v) is 2.85. The number of H-pyrrole nitrogens is 1. The molecule has 2 rings (SSSR count). The lowest BCUT2D eigenvalue weighted by molar-refractivity contribution is 0.455. The Kier molecular flexibility index (Phi) is 2.50. The minimum absolute atomic E-state index is 0.318. The van der Waals surface area contributed by atoms with Crippen molar-refractivity contribution >= 4 is 27.0 Å². The molecule has 1 aromatic carbocycles. The average molecular weight is 261 g/mol. The number of imidazole rings is 1. The van der Waals surface area contributed by atoms with E-state index in [1.165, 1.54) is 6.33 Å².